The normalized spacial score (nSPS) is 17.3. The number of benzene rings is 1. The number of hydrogen-bond donors (Lipinski definition) is 1. The molecule has 1 N–H and O–H groups in total. The first kappa shape index (κ1) is 15.3. The third-order valence-corrected chi connectivity index (χ3v) is 3.82. The van der Waals surface area contributed by atoms with Crippen molar-refractivity contribution in [2.45, 2.75) is 13.0 Å². The zero-order valence-electron chi connectivity index (χ0n) is 12.3. The monoisotopic (exact) mass is 292 g/mol. The molecule has 0 spiro atoms. The Morgan fingerprint density at radius 3 is 2.48 bits per heavy atom. The first-order valence-corrected chi connectivity index (χ1v) is 6.93. The Kier molecular flexibility index (Phi) is 4.80. The van der Waals surface area contributed by atoms with Gasteiger partial charge in [0.25, 0.3) is 5.91 Å². The SMILES string of the molecule is COc1cccc(C(=O)N2CCN([C@H](C)C(=O)O)CC2)c1. The smallest absolute Gasteiger partial charge is 0.320 e. The molecule has 1 aromatic rings. The molecule has 21 heavy (non-hydrogen) atoms. The van der Waals surface area contributed by atoms with Crippen LogP contribution in [0.25, 0.3) is 0 Å². The predicted molar refractivity (Wildman–Crippen MR) is 77.6 cm³/mol. The van der Waals surface area contributed by atoms with Crippen LogP contribution in [-0.2, 0) is 4.79 Å². The van der Waals surface area contributed by atoms with Crippen LogP contribution in [0.4, 0.5) is 0 Å². The van der Waals surface area contributed by atoms with Crippen molar-refractivity contribution in [3.05, 3.63) is 29.8 Å². The summed E-state index contributed by atoms with van der Waals surface area (Å²) in [6.45, 7) is 3.88. The number of carboxylic acids is 1. The number of carboxylic acid groups (broad SMARTS) is 1. The molecule has 1 heterocycles. The van der Waals surface area contributed by atoms with Crippen molar-refractivity contribution in [2.24, 2.45) is 0 Å². The van der Waals surface area contributed by atoms with Crippen LogP contribution in [0.2, 0.25) is 0 Å². The topological polar surface area (TPSA) is 70.1 Å². The molecule has 6 heteroatoms. The molecule has 1 aliphatic heterocycles. The fourth-order valence-electron chi connectivity index (χ4n) is 2.41. The van der Waals surface area contributed by atoms with E-state index in [1.807, 2.05) is 4.90 Å². The third-order valence-electron chi connectivity index (χ3n) is 3.82. The van der Waals surface area contributed by atoms with Crippen molar-refractivity contribution in [3.63, 3.8) is 0 Å². The van der Waals surface area contributed by atoms with Crippen molar-refractivity contribution in [2.75, 3.05) is 33.3 Å². The molecule has 0 saturated carbocycles. The van der Waals surface area contributed by atoms with Gasteiger partial charge in [-0.05, 0) is 25.1 Å². The van der Waals surface area contributed by atoms with E-state index >= 15 is 0 Å². The number of piperazine rings is 1. The van der Waals surface area contributed by atoms with Gasteiger partial charge in [-0.3, -0.25) is 14.5 Å². The molecular weight excluding hydrogens is 272 g/mol. The van der Waals surface area contributed by atoms with Crippen LogP contribution in [-0.4, -0.2) is 66.1 Å². The van der Waals surface area contributed by atoms with Crippen LogP contribution in [0, 0.1) is 0 Å². The lowest BCUT2D eigenvalue weighted by atomic mass is 10.1. The summed E-state index contributed by atoms with van der Waals surface area (Å²) in [4.78, 5) is 27.0. The quantitative estimate of drug-likeness (QED) is 0.894. The van der Waals surface area contributed by atoms with Crippen molar-refractivity contribution in [1.82, 2.24) is 9.80 Å². The molecule has 1 atom stereocenters. The third kappa shape index (κ3) is 3.52. The van der Waals surface area contributed by atoms with E-state index in [9.17, 15) is 9.59 Å². The molecule has 6 nitrogen and oxygen atoms in total. The molecule has 1 aliphatic rings. The highest BCUT2D eigenvalue weighted by atomic mass is 16.5. The largest absolute Gasteiger partial charge is 0.497 e. The minimum absolute atomic E-state index is 0.0449. The average Bonchev–Trinajstić information content (AvgIpc) is 2.53. The lowest BCUT2D eigenvalue weighted by Crippen LogP contribution is -2.53. The number of rotatable bonds is 4. The lowest BCUT2D eigenvalue weighted by Gasteiger charge is -2.36. The Balaban J connectivity index is 1.98. The van der Waals surface area contributed by atoms with E-state index in [1.54, 1.807) is 43.2 Å². The molecule has 114 valence electrons. The van der Waals surface area contributed by atoms with Gasteiger partial charge in [0.2, 0.25) is 0 Å². The number of aliphatic carboxylic acids is 1. The van der Waals surface area contributed by atoms with Gasteiger partial charge in [-0.15, -0.1) is 0 Å². The first-order chi connectivity index (χ1) is 10.0. The van der Waals surface area contributed by atoms with Crippen LogP contribution in [0.1, 0.15) is 17.3 Å². The summed E-state index contributed by atoms with van der Waals surface area (Å²) in [5, 5.41) is 9.01. The van der Waals surface area contributed by atoms with Gasteiger partial charge in [0, 0.05) is 31.7 Å². The molecule has 0 radical (unpaired) electrons. The van der Waals surface area contributed by atoms with E-state index in [4.69, 9.17) is 9.84 Å². The highest BCUT2D eigenvalue weighted by molar-refractivity contribution is 5.94. The number of ether oxygens (including phenoxy) is 1. The zero-order valence-corrected chi connectivity index (χ0v) is 12.3. The second kappa shape index (κ2) is 6.58. The minimum Gasteiger partial charge on any atom is -0.497 e. The summed E-state index contributed by atoms with van der Waals surface area (Å²) in [5.41, 5.74) is 0.592. The fourth-order valence-corrected chi connectivity index (χ4v) is 2.41. The van der Waals surface area contributed by atoms with Crippen molar-refractivity contribution < 1.29 is 19.4 Å². The van der Waals surface area contributed by atoms with E-state index in [-0.39, 0.29) is 5.91 Å². The van der Waals surface area contributed by atoms with E-state index in [2.05, 4.69) is 0 Å². The van der Waals surface area contributed by atoms with Crippen LogP contribution in [0.15, 0.2) is 24.3 Å². The second-order valence-electron chi connectivity index (χ2n) is 5.07. The summed E-state index contributed by atoms with van der Waals surface area (Å²) >= 11 is 0. The maximum atomic E-state index is 12.4. The predicted octanol–water partition coefficient (Wildman–Crippen LogP) is 0.926. The van der Waals surface area contributed by atoms with Gasteiger partial charge in [0.1, 0.15) is 11.8 Å². The maximum Gasteiger partial charge on any atom is 0.320 e. The highest BCUT2D eigenvalue weighted by Gasteiger charge is 2.27. The minimum atomic E-state index is -0.831. The van der Waals surface area contributed by atoms with E-state index in [1.165, 1.54) is 0 Å². The number of carbonyl (C=O) groups is 2. The zero-order chi connectivity index (χ0) is 15.4. The lowest BCUT2D eigenvalue weighted by molar-refractivity contribution is -0.143. The Bertz CT molecular complexity index is 524. The Morgan fingerprint density at radius 2 is 1.90 bits per heavy atom. The van der Waals surface area contributed by atoms with E-state index in [0.717, 1.165) is 0 Å². The molecule has 1 aromatic carbocycles. The summed E-state index contributed by atoms with van der Waals surface area (Å²) in [7, 11) is 1.57. The van der Waals surface area contributed by atoms with Gasteiger partial charge in [-0.25, -0.2) is 0 Å². The van der Waals surface area contributed by atoms with Gasteiger partial charge in [0.05, 0.1) is 7.11 Å². The average molecular weight is 292 g/mol. The Morgan fingerprint density at radius 1 is 1.24 bits per heavy atom. The Hall–Kier alpha value is -2.08. The fraction of sp³-hybridized carbons (Fsp3) is 0.467. The molecular formula is C15H20N2O4. The van der Waals surface area contributed by atoms with Gasteiger partial charge in [-0.2, -0.15) is 0 Å². The summed E-state index contributed by atoms with van der Waals surface area (Å²) in [6, 6.07) is 6.54. The number of nitrogens with zero attached hydrogens (tertiary/aromatic N) is 2. The molecule has 0 unspecified atom stereocenters. The van der Waals surface area contributed by atoms with E-state index < -0.39 is 12.0 Å². The molecule has 1 fully saturated rings. The second-order valence-corrected chi connectivity index (χ2v) is 5.07. The van der Waals surface area contributed by atoms with Crippen LogP contribution >= 0.6 is 0 Å². The van der Waals surface area contributed by atoms with Gasteiger partial charge in [-0.1, -0.05) is 6.07 Å². The van der Waals surface area contributed by atoms with Crippen molar-refractivity contribution in [3.8, 4) is 5.75 Å². The summed E-state index contributed by atoms with van der Waals surface area (Å²) in [6.07, 6.45) is 0. The van der Waals surface area contributed by atoms with Crippen LogP contribution in [0.3, 0.4) is 0 Å². The number of amides is 1. The van der Waals surface area contributed by atoms with Gasteiger partial charge < -0.3 is 14.7 Å². The maximum absolute atomic E-state index is 12.4. The van der Waals surface area contributed by atoms with Crippen LogP contribution in [0.5, 0.6) is 5.75 Å². The van der Waals surface area contributed by atoms with Crippen molar-refractivity contribution >= 4 is 11.9 Å². The molecule has 0 aromatic heterocycles. The summed E-state index contributed by atoms with van der Waals surface area (Å²) < 4.78 is 5.12. The Labute approximate surface area is 123 Å². The number of carbonyl (C=O) groups excluding carboxylic acids is 1. The van der Waals surface area contributed by atoms with Gasteiger partial charge in [0.15, 0.2) is 0 Å². The molecule has 0 bridgehead atoms. The molecule has 0 aliphatic carbocycles. The number of methoxy groups -OCH3 is 1. The van der Waals surface area contributed by atoms with Gasteiger partial charge >= 0.3 is 5.97 Å². The van der Waals surface area contributed by atoms with E-state index in [0.29, 0.717) is 37.5 Å². The standard InChI is InChI=1S/C15H20N2O4/c1-11(15(19)20)16-6-8-17(9-7-16)14(18)12-4-3-5-13(10-12)21-2/h3-5,10-11H,6-9H2,1-2H3,(H,19,20)/t11-/m1/s1. The number of hydrogen-bond acceptors (Lipinski definition) is 4. The van der Waals surface area contributed by atoms with Crippen LogP contribution < -0.4 is 4.74 Å². The molecule has 1 amide bonds. The first-order valence-electron chi connectivity index (χ1n) is 6.93. The molecule has 2 rings (SSSR count). The van der Waals surface area contributed by atoms with Crippen molar-refractivity contribution in [1.29, 1.82) is 0 Å². The summed E-state index contributed by atoms with van der Waals surface area (Å²) in [5.74, 6) is -0.224. The highest BCUT2D eigenvalue weighted by Crippen LogP contribution is 2.16. The molecule has 1 saturated heterocycles.